The van der Waals surface area contributed by atoms with Crippen LogP contribution >= 0.6 is 0 Å². The van der Waals surface area contributed by atoms with Gasteiger partial charge in [-0.1, -0.05) is 30.7 Å². The molecule has 4 nitrogen and oxygen atoms in total. The zero-order chi connectivity index (χ0) is 20.4. The van der Waals surface area contributed by atoms with Crippen LogP contribution in [0, 0.1) is 35.5 Å². The van der Waals surface area contributed by atoms with E-state index in [1.165, 1.54) is 6.42 Å². The Morgan fingerprint density at radius 3 is 2.82 bits per heavy atom. The number of hydrogen-bond donors (Lipinski definition) is 4. The van der Waals surface area contributed by atoms with Crippen LogP contribution < -0.4 is 5.32 Å². The molecule has 0 heterocycles. The maximum absolute atomic E-state index is 10.5. The van der Waals surface area contributed by atoms with Crippen molar-refractivity contribution in [1.29, 1.82) is 0 Å². The Hall–Kier alpha value is -1.12. The van der Waals surface area contributed by atoms with E-state index in [0.29, 0.717) is 24.8 Å². The first-order valence-corrected chi connectivity index (χ1v) is 11.0. The molecule has 2 rings (SSSR count). The van der Waals surface area contributed by atoms with Gasteiger partial charge in [0.2, 0.25) is 0 Å². The first kappa shape index (κ1) is 23.2. The van der Waals surface area contributed by atoms with Gasteiger partial charge in [-0.15, -0.1) is 11.8 Å². The van der Waals surface area contributed by atoms with Gasteiger partial charge in [0.1, 0.15) is 0 Å². The Balaban J connectivity index is 1.79. The normalized spacial score (nSPS) is 30.4. The SMILES string of the molecule is CC#CC[C@H](C)[C@H](O)/C=C/[C@@H]1[C@H]2C/C(=C/CCCCNCCO)C[C@H]2C[C@H]1O. The van der Waals surface area contributed by atoms with Crippen LogP contribution in [0.5, 0.6) is 0 Å². The summed E-state index contributed by atoms with van der Waals surface area (Å²) in [4.78, 5) is 0. The van der Waals surface area contributed by atoms with Gasteiger partial charge in [-0.2, -0.15) is 0 Å². The Morgan fingerprint density at radius 1 is 1.25 bits per heavy atom. The molecule has 28 heavy (non-hydrogen) atoms. The molecule has 0 amide bonds. The number of allylic oxidation sites excluding steroid dienone is 2. The molecule has 0 spiro atoms. The molecular formula is C24H39NO3. The third kappa shape index (κ3) is 7.04. The molecule has 158 valence electrons. The monoisotopic (exact) mass is 389 g/mol. The molecule has 0 aromatic rings. The maximum atomic E-state index is 10.5. The summed E-state index contributed by atoms with van der Waals surface area (Å²) in [5.41, 5.74) is 1.55. The second-order valence-corrected chi connectivity index (χ2v) is 8.53. The van der Waals surface area contributed by atoms with Crippen molar-refractivity contribution in [2.24, 2.45) is 23.7 Å². The summed E-state index contributed by atoms with van der Waals surface area (Å²) in [5.74, 6) is 7.29. The molecule has 0 aromatic heterocycles. The molecular weight excluding hydrogens is 350 g/mol. The van der Waals surface area contributed by atoms with E-state index in [1.54, 1.807) is 5.57 Å². The lowest BCUT2D eigenvalue weighted by Crippen LogP contribution is -2.19. The fourth-order valence-electron chi connectivity index (χ4n) is 4.66. The van der Waals surface area contributed by atoms with Gasteiger partial charge in [-0.05, 0) is 69.7 Å². The van der Waals surface area contributed by atoms with E-state index in [2.05, 4.69) is 29.3 Å². The minimum atomic E-state index is -0.497. The van der Waals surface area contributed by atoms with Crippen LogP contribution in [-0.2, 0) is 0 Å². The molecule has 2 aliphatic rings. The molecule has 4 heteroatoms. The van der Waals surface area contributed by atoms with Crippen molar-refractivity contribution in [2.45, 2.75) is 71.0 Å². The van der Waals surface area contributed by atoms with Gasteiger partial charge < -0.3 is 20.6 Å². The third-order valence-electron chi connectivity index (χ3n) is 6.35. The number of aliphatic hydroxyl groups is 3. The summed E-state index contributed by atoms with van der Waals surface area (Å²) in [6, 6.07) is 0. The number of hydrogen-bond acceptors (Lipinski definition) is 4. The lowest BCUT2D eigenvalue weighted by Gasteiger charge is -2.19. The molecule has 0 radical (unpaired) electrons. The Morgan fingerprint density at radius 2 is 2.07 bits per heavy atom. The van der Waals surface area contributed by atoms with Crippen molar-refractivity contribution in [3.8, 4) is 11.8 Å². The van der Waals surface area contributed by atoms with Gasteiger partial charge in [-0.3, -0.25) is 0 Å². The zero-order valence-electron chi connectivity index (χ0n) is 17.6. The smallest absolute Gasteiger partial charge is 0.0755 e. The Bertz CT molecular complexity index is 574. The lowest BCUT2D eigenvalue weighted by atomic mass is 9.89. The van der Waals surface area contributed by atoms with Crippen LogP contribution in [0.2, 0.25) is 0 Å². The van der Waals surface area contributed by atoms with Crippen LogP contribution in [0.3, 0.4) is 0 Å². The van der Waals surface area contributed by atoms with E-state index in [-0.39, 0.29) is 24.5 Å². The summed E-state index contributed by atoms with van der Waals surface area (Å²) in [5, 5.41) is 32.8. The van der Waals surface area contributed by atoms with Crippen molar-refractivity contribution >= 4 is 0 Å². The Labute approximate surface area is 171 Å². The van der Waals surface area contributed by atoms with Crippen LogP contribution in [-0.4, -0.2) is 47.2 Å². The number of unbranched alkanes of at least 4 members (excludes halogenated alkanes) is 2. The highest BCUT2D eigenvalue weighted by molar-refractivity contribution is 5.18. The topological polar surface area (TPSA) is 72.7 Å². The molecule has 2 aliphatic carbocycles. The second-order valence-electron chi connectivity index (χ2n) is 8.53. The summed E-state index contributed by atoms with van der Waals surface area (Å²) in [6.07, 6.45) is 12.8. The first-order valence-electron chi connectivity index (χ1n) is 11.0. The molecule has 0 saturated heterocycles. The van der Waals surface area contributed by atoms with Crippen molar-refractivity contribution in [3.05, 3.63) is 23.8 Å². The summed E-state index contributed by atoms with van der Waals surface area (Å²) in [7, 11) is 0. The van der Waals surface area contributed by atoms with Crippen molar-refractivity contribution in [2.75, 3.05) is 19.7 Å². The van der Waals surface area contributed by atoms with Gasteiger partial charge in [0, 0.05) is 18.9 Å². The molecule has 4 N–H and O–H groups in total. The van der Waals surface area contributed by atoms with Gasteiger partial charge in [0.25, 0.3) is 0 Å². The largest absolute Gasteiger partial charge is 0.395 e. The third-order valence-corrected chi connectivity index (χ3v) is 6.35. The lowest BCUT2D eigenvalue weighted by molar-refractivity contribution is 0.137. The molecule has 6 atom stereocenters. The minimum Gasteiger partial charge on any atom is -0.395 e. The molecule has 0 aliphatic heterocycles. The second kappa shape index (κ2) is 12.4. The average Bonchev–Trinajstić information content (AvgIpc) is 3.19. The fraction of sp³-hybridized carbons (Fsp3) is 0.750. The molecule has 2 fully saturated rings. The van der Waals surface area contributed by atoms with Gasteiger partial charge in [-0.25, -0.2) is 0 Å². The number of fused-ring (bicyclic) bond motifs is 1. The standard InChI is InChI=1S/C24H39NO3/c1-3-4-8-18(2)23(27)11-10-21-22-16-19(15-20(22)17-24(21)28)9-6-5-7-12-25-13-14-26/h9-11,18,20-28H,5-8,12-17H2,1-2H3/b11-10+,19-9+/t18-,20-,21+,22-,23+,24+/m0/s1. The number of rotatable bonds is 11. The Kier molecular flexibility index (Phi) is 10.3. The molecule has 2 saturated carbocycles. The van der Waals surface area contributed by atoms with Crippen LogP contribution in [0.1, 0.15) is 58.8 Å². The van der Waals surface area contributed by atoms with Crippen molar-refractivity contribution in [3.63, 3.8) is 0 Å². The highest BCUT2D eigenvalue weighted by Gasteiger charge is 2.44. The van der Waals surface area contributed by atoms with Crippen molar-refractivity contribution < 1.29 is 15.3 Å². The fourth-order valence-corrected chi connectivity index (χ4v) is 4.66. The summed E-state index contributed by atoms with van der Waals surface area (Å²) >= 11 is 0. The number of aliphatic hydroxyl groups excluding tert-OH is 3. The van der Waals surface area contributed by atoms with Crippen molar-refractivity contribution in [1.82, 2.24) is 5.32 Å². The molecule has 0 bridgehead atoms. The van der Waals surface area contributed by atoms with Gasteiger partial charge in [0.15, 0.2) is 0 Å². The molecule has 0 unspecified atom stereocenters. The van der Waals surface area contributed by atoms with E-state index >= 15 is 0 Å². The number of nitrogens with one attached hydrogen (secondary N) is 1. The van der Waals surface area contributed by atoms with Gasteiger partial charge >= 0.3 is 0 Å². The van der Waals surface area contributed by atoms with E-state index < -0.39 is 6.10 Å². The highest BCUT2D eigenvalue weighted by Crippen LogP contribution is 2.50. The van der Waals surface area contributed by atoms with E-state index in [9.17, 15) is 10.2 Å². The predicted molar refractivity (Wildman–Crippen MR) is 115 cm³/mol. The van der Waals surface area contributed by atoms with E-state index in [0.717, 1.165) is 38.6 Å². The van der Waals surface area contributed by atoms with Crippen LogP contribution in [0.4, 0.5) is 0 Å². The maximum Gasteiger partial charge on any atom is 0.0755 e. The van der Waals surface area contributed by atoms with Crippen LogP contribution in [0.15, 0.2) is 23.8 Å². The summed E-state index contributed by atoms with van der Waals surface area (Å²) < 4.78 is 0. The van der Waals surface area contributed by atoms with E-state index in [1.807, 2.05) is 19.9 Å². The first-order chi connectivity index (χ1) is 13.6. The molecule has 0 aromatic carbocycles. The quantitative estimate of drug-likeness (QED) is 0.249. The minimum absolute atomic E-state index is 0.115. The summed E-state index contributed by atoms with van der Waals surface area (Å²) in [6.45, 7) is 5.70. The van der Waals surface area contributed by atoms with Gasteiger partial charge in [0.05, 0.1) is 18.8 Å². The van der Waals surface area contributed by atoms with E-state index in [4.69, 9.17) is 5.11 Å². The zero-order valence-corrected chi connectivity index (χ0v) is 17.6. The predicted octanol–water partition coefficient (Wildman–Crippen LogP) is 3.04. The highest BCUT2D eigenvalue weighted by atomic mass is 16.3. The van der Waals surface area contributed by atoms with Crippen LogP contribution in [0.25, 0.3) is 0 Å². The average molecular weight is 390 g/mol.